The Morgan fingerprint density at radius 2 is 1.83 bits per heavy atom. The van der Waals surface area contributed by atoms with Crippen molar-refractivity contribution in [1.29, 1.82) is 0 Å². The molecule has 154 valence electrons. The van der Waals surface area contributed by atoms with Crippen LogP contribution in [0.4, 0.5) is 24.5 Å². The van der Waals surface area contributed by atoms with E-state index in [9.17, 15) is 28.1 Å². The number of anilines is 1. The first-order valence-corrected chi connectivity index (χ1v) is 9.17. The number of halogens is 3. The van der Waals surface area contributed by atoms with Crippen LogP contribution >= 0.6 is 0 Å². The van der Waals surface area contributed by atoms with E-state index >= 15 is 0 Å². The number of para-hydroxylation sites is 1. The number of rotatable bonds is 6. The molecule has 0 bridgehead atoms. The molecule has 2 aromatic rings. The van der Waals surface area contributed by atoms with Crippen molar-refractivity contribution >= 4 is 17.2 Å². The molecule has 1 aliphatic rings. The van der Waals surface area contributed by atoms with Crippen LogP contribution < -0.4 is 9.64 Å². The molecule has 9 heteroatoms. The second kappa shape index (κ2) is 8.50. The molecule has 6 nitrogen and oxygen atoms in total. The largest absolute Gasteiger partial charge is 0.487 e. The van der Waals surface area contributed by atoms with Gasteiger partial charge in [0.2, 0.25) is 0 Å². The van der Waals surface area contributed by atoms with Gasteiger partial charge >= 0.3 is 5.69 Å². The van der Waals surface area contributed by atoms with Crippen molar-refractivity contribution in [3.05, 3.63) is 63.5 Å². The van der Waals surface area contributed by atoms with Crippen LogP contribution in [-0.4, -0.2) is 30.4 Å². The third kappa shape index (κ3) is 4.18. The lowest BCUT2D eigenvalue weighted by atomic mass is 9.88. The Bertz CT molecular complexity index is 920. The van der Waals surface area contributed by atoms with Gasteiger partial charge in [0.1, 0.15) is 23.1 Å². The number of hydrogen-bond donors (Lipinski definition) is 0. The molecule has 0 N–H and O–H groups in total. The highest BCUT2D eigenvalue weighted by molar-refractivity contribution is 5.98. The van der Waals surface area contributed by atoms with Gasteiger partial charge in [-0.2, -0.15) is 0 Å². The number of Topliss-reactive ketones (excluding diaryl/α,β-unsaturated/α-hetero) is 1. The highest BCUT2D eigenvalue weighted by Crippen LogP contribution is 2.39. The molecule has 29 heavy (non-hydrogen) atoms. The minimum Gasteiger partial charge on any atom is -0.487 e. The first-order valence-electron chi connectivity index (χ1n) is 9.17. The average Bonchev–Trinajstić information content (AvgIpc) is 2.67. The zero-order valence-corrected chi connectivity index (χ0v) is 15.7. The summed E-state index contributed by atoms with van der Waals surface area (Å²) in [6.07, 6.45) is 0.510. The summed E-state index contributed by atoms with van der Waals surface area (Å²) in [5, 5.41) is 11.6. The molecule has 0 amide bonds. The Hall–Kier alpha value is -3.10. The van der Waals surface area contributed by atoms with Gasteiger partial charge < -0.3 is 9.64 Å². The summed E-state index contributed by atoms with van der Waals surface area (Å²) in [4.78, 5) is 25.4. The zero-order chi connectivity index (χ0) is 21.1. The van der Waals surface area contributed by atoms with E-state index in [2.05, 4.69) is 0 Å². The first-order chi connectivity index (χ1) is 13.8. The molecular formula is C20H19F3N2O4. The lowest BCUT2D eigenvalue weighted by Gasteiger charge is -2.32. The predicted molar refractivity (Wildman–Crippen MR) is 99.8 cm³/mol. The molecule has 1 saturated heterocycles. The number of hydrogen-bond acceptors (Lipinski definition) is 5. The molecule has 3 rings (SSSR count). The van der Waals surface area contributed by atoms with Gasteiger partial charge in [-0.25, -0.2) is 13.2 Å². The van der Waals surface area contributed by atoms with Crippen LogP contribution in [0.15, 0.2) is 30.3 Å². The molecule has 1 heterocycles. The van der Waals surface area contributed by atoms with Gasteiger partial charge in [0.15, 0.2) is 11.5 Å². The second-order valence-electron chi connectivity index (χ2n) is 6.68. The normalized spacial score (nSPS) is 14.7. The van der Waals surface area contributed by atoms with Gasteiger partial charge in [-0.1, -0.05) is 6.07 Å². The van der Waals surface area contributed by atoms with E-state index in [1.807, 2.05) is 0 Å². The Balaban J connectivity index is 1.79. The van der Waals surface area contributed by atoms with Crippen molar-refractivity contribution in [3.8, 4) is 5.75 Å². The van der Waals surface area contributed by atoms with Gasteiger partial charge in [-0.15, -0.1) is 0 Å². The Labute approximate surface area is 165 Å². The maximum atomic E-state index is 13.9. The molecule has 0 aromatic heterocycles. The number of carbonyl (C=O) groups excluding carboxylic acids is 1. The van der Waals surface area contributed by atoms with Crippen molar-refractivity contribution < 1.29 is 27.6 Å². The summed E-state index contributed by atoms with van der Waals surface area (Å²) in [5.74, 6) is -4.77. The van der Waals surface area contributed by atoms with Crippen LogP contribution in [0, 0.1) is 33.5 Å². The quantitative estimate of drug-likeness (QED) is 0.400. The maximum Gasteiger partial charge on any atom is 0.333 e. The summed E-state index contributed by atoms with van der Waals surface area (Å²) >= 11 is 0. The molecule has 2 aromatic carbocycles. The fourth-order valence-electron chi connectivity index (χ4n) is 3.59. The van der Waals surface area contributed by atoms with Crippen LogP contribution in [0.25, 0.3) is 0 Å². The second-order valence-corrected chi connectivity index (χ2v) is 6.68. The van der Waals surface area contributed by atoms with Crippen molar-refractivity contribution in [1.82, 2.24) is 0 Å². The van der Waals surface area contributed by atoms with Gasteiger partial charge in [0, 0.05) is 31.1 Å². The van der Waals surface area contributed by atoms with Gasteiger partial charge in [-0.3, -0.25) is 14.9 Å². The van der Waals surface area contributed by atoms with Crippen LogP contribution in [0.5, 0.6) is 5.75 Å². The van der Waals surface area contributed by atoms with Gasteiger partial charge in [-0.05, 0) is 31.9 Å². The molecule has 1 fully saturated rings. The summed E-state index contributed by atoms with van der Waals surface area (Å²) in [5.41, 5.74) is -0.532. The SMILES string of the molecule is CCOc1cccc(N2CCC(C(=O)c3c(F)cc(F)cc3F)CC2)c1[N+](=O)[O-]. The fraction of sp³-hybridized carbons (Fsp3) is 0.350. The molecule has 0 saturated carbocycles. The highest BCUT2D eigenvalue weighted by Gasteiger charge is 2.32. The third-order valence-corrected chi connectivity index (χ3v) is 4.92. The highest BCUT2D eigenvalue weighted by atomic mass is 19.1. The van der Waals surface area contributed by atoms with Crippen LogP contribution in [0.3, 0.4) is 0 Å². The number of nitrogens with zero attached hydrogens (tertiary/aromatic N) is 2. The number of benzene rings is 2. The zero-order valence-electron chi connectivity index (χ0n) is 15.7. The minimum absolute atomic E-state index is 0.156. The van der Waals surface area contributed by atoms with E-state index in [1.165, 1.54) is 6.07 Å². The van der Waals surface area contributed by atoms with Crippen molar-refractivity contribution in [2.24, 2.45) is 5.92 Å². The fourth-order valence-corrected chi connectivity index (χ4v) is 3.59. The summed E-state index contributed by atoms with van der Waals surface area (Å²) in [6, 6.07) is 5.72. The first kappa shape index (κ1) is 20.6. The molecule has 0 unspecified atom stereocenters. The van der Waals surface area contributed by atoms with Crippen LogP contribution in [0.2, 0.25) is 0 Å². The van der Waals surface area contributed by atoms with E-state index in [4.69, 9.17) is 4.74 Å². The maximum absolute atomic E-state index is 13.9. The number of nitro benzene ring substituents is 1. The van der Waals surface area contributed by atoms with Crippen molar-refractivity contribution in [2.75, 3.05) is 24.6 Å². The predicted octanol–water partition coefficient (Wildman–Crippen LogP) is 4.51. The number of piperidine rings is 1. The monoisotopic (exact) mass is 408 g/mol. The van der Waals surface area contributed by atoms with E-state index in [1.54, 1.807) is 24.0 Å². The summed E-state index contributed by atoms with van der Waals surface area (Å²) < 4.78 is 46.3. The molecule has 0 radical (unpaired) electrons. The van der Waals surface area contributed by atoms with E-state index in [0.717, 1.165) is 0 Å². The molecule has 0 aliphatic carbocycles. The lowest BCUT2D eigenvalue weighted by molar-refractivity contribution is -0.385. The van der Waals surface area contributed by atoms with Crippen LogP contribution in [0.1, 0.15) is 30.1 Å². The molecule has 0 spiro atoms. The third-order valence-electron chi connectivity index (χ3n) is 4.92. The van der Waals surface area contributed by atoms with E-state index < -0.39 is 39.6 Å². The number of ketones is 1. The smallest absolute Gasteiger partial charge is 0.333 e. The molecular weight excluding hydrogens is 389 g/mol. The molecule has 0 atom stereocenters. The number of carbonyl (C=O) groups is 1. The Morgan fingerprint density at radius 1 is 1.21 bits per heavy atom. The Kier molecular flexibility index (Phi) is 6.05. The van der Waals surface area contributed by atoms with Crippen molar-refractivity contribution in [3.63, 3.8) is 0 Å². The number of ether oxygens (including phenoxy) is 1. The van der Waals surface area contributed by atoms with Crippen molar-refractivity contribution in [2.45, 2.75) is 19.8 Å². The van der Waals surface area contributed by atoms with E-state index in [-0.39, 0.29) is 44.0 Å². The number of nitro groups is 1. The topological polar surface area (TPSA) is 72.7 Å². The Morgan fingerprint density at radius 3 is 2.38 bits per heavy atom. The molecule has 1 aliphatic heterocycles. The average molecular weight is 408 g/mol. The summed E-state index contributed by atoms with van der Waals surface area (Å²) in [7, 11) is 0. The van der Waals surface area contributed by atoms with Gasteiger partial charge in [0.05, 0.1) is 17.1 Å². The lowest BCUT2D eigenvalue weighted by Crippen LogP contribution is -2.37. The summed E-state index contributed by atoms with van der Waals surface area (Å²) in [6.45, 7) is 2.57. The van der Waals surface area contributed by atoms with Crippen LogP contribution in [-0.2, 0) is 0 Å². The van der Waals surface area contributed by atoms with E-state index in [0.29, 0.717) is 17.8 Å². The standard InChI is InChI=1S/C20H19F3N2O4/c1-2-29-17-5-3-4-16(19(17)25(27)28)24-8-6-12(7-9-24)20(26)18-14(22)10-13(21)11-15(18)23/h3-5,10-12H,2,6-9H2,1H3. The minimum atomic E-state index is -1.23. The van der Waals surface area contributed by atoms with Gasteiger partial charge in [0.25, 0.3) is 0 Å².